The fraction of sp³-hybridized carbons (Fsp3) is 1.00. The molecule has 6 nitrogen and oxygen atoms in total. The van der Waals surface area contributed by atoms with Crippen LogP contribution in [0.15, 0.2) is 0 Å². The first kappa shape index (κ1) is 11.3. The smallest absolute Gasteiger partial charge is 0.147 e. The highest BCUT2D eigenvalue weighted by atomic mass is 16.7. The van der Waals surface area contributed by atoms with Crippen molar-refractivity contribution in [1.82, 2.24) is 0 Å². The second kappa shape index (κ2) is 6.37. The number of rotatable bonds is 6. The third kappa shape index (κ3) is 4.02. The molecule has 2 unspecified atom stereocenters. The van der Waals surface area contributed by atoms with E-state index in [-0.39, 0.29) is 19.0 Å². The Morgan fingerprint density at radius 3 is 1.80 bits per heavy atom. The minimum Gasteiger partial charge on any atom is -0.353 e. The summed E-state index contributed by atoms with van der Waals surface area (Å²) in [5.74, 6) is 0. The molecule has 0 amide bonds. The van der Waals surface area contributed by atoms with Gasteiger partial charge in [-0.05, 0) is 0 Å². The lowest BCUT2D eigenvalue weighted by Crippen LogP contribution is -2.22. The Labute approximate surface area is 88.3 Å². The van der Waals surface area contributed by atoms with Crippen LogP contribution < -0.4 is 0 Å². The molecule has 6 heteroatoms. The fourth-order valence-electron chi connectivity index (χ4n) is 1.35. The van der Waals surface area contributed by atoms with Gasteiger partial charge in [0, 0.05) is 0 Å². The van der Waals surface area contributed by atoms with Crippen molar-refractivity contribution in [3.05, 3.63) is 0 Å². The molecule has 2 saturated heterocycles. The molecular formula is C9H16O6. The van der Waals surface area contributed by atoms with Crippen molar-refractivity contribution in [1.29, 1.82) is 0 Å². The van der Waals surface area contributed by atoms with Crippen molar-refractivity contribution in [3.8, 4) is 0 Å². The molecule has 2 rings (SSSR count). The van der Waals surface area contributed by atoms with Gasteiger partial charge in [0.1, 0.15) is 32.6 Å². The van der Waals surface area contributed by atoms with E-state index in [4.69, 9.17) is 28.4 Å². The van der Waals surface area contributed by atoms with Gasteiger partial charge in [0.05, 0.1) is 26.4 Å². The average Bonchev–Trinajstić information content (AvgIpc) is 2.88. The molecule has 0 radical (unpaired) electrons. The highest BCUT2D eigenvalue weighted by Crippen LogP contribution is 2.04. The quantitative estimate of drug-likeness (QED) is 0.453. The molecule has 0 aromatic rings. The summed E-state index contributed by atoms with van der Waals surface area (Å²) in [7, 11) is 0. The van der Waals surface area contributed by atoms with E-state index >= 15 is 0 Å². The zero-order valence-corrected chi connectivity index (χ0v) is 8.55. The first-order chi connectivity index (χ1) is 7.45. The normalized spacial score (nSPS) is 31.2. The third-order valence-electron chi connectivity index (χ3n) is 2.16. The zero-order chi connectivity index (χ0) is 10.3. The molecule has 15 heavy (non-hydrogen) atoms. The summed E-state index contributed by atoms with van der Waals surface area (Å²) in [4.78, 5) is 0. The number of hydrogen-bond donors (Lipinski definition) is 0. The molecule has 2 aliphatic rings. The van der Waals surface area contributed by atoms with Crippen LogP contribution in [0.25, 0.3) is 0 Å². The summed E-state index contributed by atoms with van der Waals surface area (Å²) >= 11 is 0. The van der Waals surface area contributed by atoms with Crippen LogP contribution in [0, 0.1) is 0 Å². The molecule has 2 fully saturated rings. The molecule has 2 atom stereocenters. The lowest BCUT2D eigenvalue weighted by Gasteiger charge is -2.10. The minimum absolute atomic E-state index is 0.0414. The summed E-state index contributed by atoms with van der Waals surface area (Å²) in [6.07, 6.45) is 0.0827. The van der Waals surface area contributed by atoms with Crippen LogP contribution in [-0.2, 0) is 28.4 Å². The van der Waals surface area contributed by atoms with E-state index in [1.807, 2.05) is 0 Å². The summed E-state index contributed by atoms with van der Waals surface area (Å²) < 4.78 is 30.9. The van der Waals surface area contributed by atoms with Gasteiger partial charge in [-0.2, -0.15) is 0 Å². The van der Waals surface area contributed by atoms with Gasteiger partial charge in [0.15, 0.2) is 0 Å². The van der Waals surface area contributed by atoms with Gasteiger partial charge >= 0.3 is 0 Å². The van der Waals surface area contributed by atoms with E-state index in [1.54, 1.807) is 0 Å². The van der Waals surface area contributed by atoms with Gasteiger partial charge < -0.3 is 28.4 Å². The van der Waals surface area contributed by atoms with Crippen molar-refractivity contribution >= 4 is 0 Å². The number of hydrogen-bond acceptors (Lipinski definition) is 6. The van der Waals surface area contributed by atoms with Crippen molar-refractivity contribution < 1.29 is 28.4 Å². The molecular weight excluding hydrogens is 204 g/mol. The van der Waals surface area contributed by atoms with Gasteiger partial charge in [-0.15, -0.1) is 0 Å². The van der Waals surface area contributed by atoms with Gasteiger partial charge in [-0.25, -0.2) is 0 Å². The Hall–Kier alpha value is -0.240. The Morgan fingerprint density at radius 1 is 0.867 bits per heavy atom. The Bertz CT molecular complexity index is 146. The first-order valence-corrected chi connectivity index (χ1v) is 4.99. The third-order valence-corrected chi connectivity index (χ3v) is 2.16. The van der Waals surface area contributed by atoms with Crippen LogP contribution >= 0.6 is 0 Å². The molecule has 2 heterocycles. The van der Waals surface area contributed by atoms with E-state index in [1.165, 1.54) is 0 Å². The highest BCUT2D eigenvalue weighted by molar-refractivity contribution is 4.58. The highest BCUT2D eigenvalue weighted by Gasteiger charge is 2.17. The second-order valence-corrected chi connectivity index (χ2v) is 3.41. The van der Waals surface area contributed by atoms with E-state index in [9.17, 15) is 0 Å². The largest absolute Gasteiger partial charge is 0.353 e. The van der Waals surface area contributed by atoms with Crippen molar-refractivity contribution in [3.63, 3.8) is 0 Å². The summed E-state index contributed by atoms with van der Waals surface area (Å²) in [6, 6.07) is 0. The predicted octanol–water partition coefficient (Wildman–Crippen LogP) is -0.277. The summed E-state index contributed by atoms with van der Waals surface area (Å²) in [5.41, 5.74) is 0. The van der Waals surface area contributed by atoms with Gasteiger partial charge in [-0.1, -0.05) is 0 Å². The van der Waals surface area contributed by atoms with E-state index < -0.39 is 0 Å². The van der Waals surface area contributed by atoms with Gasteiger partial charge in [0.2, 0.25) is 0 Å². The molecule has 88 valence electrons. The van der Waals surface area contributed by atoms with Crippen LogP contribution in [0.1, 0.15) is 0 Å². The molecule has 0 aromatic heterocycles. The molecule has 0 bridgehead atoms. The fourth-order valence-corrected chi connectivity index (χ4v) is 1.35. The molecule has 0 aromatic carbocycles. The van der Waals surface area contributed by atoms with Crippen LogP contribution in [0.4, 0.5) is 0 Å². The molecule has 0 aliphatic carbocycles. The summed E-state index contributed by atoms with van der Waals surface area (Å²) in [5, 5.41) is 0. The first-order valence-electron chi connectivity index (χ1n) is 4.99. The maximum Gasteiger partial charge on any atom is 0.147 e. The maximum absolute atomic E-state index is 5.25. The molecule has 2 aliphatic heterocycles. The minimum atomic E-state index is 0.0414. The van der Waals surface area contributed by atoms with Crippen molar-refractivity contribution in [2.45, 2.75) is 12.2 Å². The van der Waals surface area contributed by atoms with Crippen LogP contribution in [0.5, 0.6) is 0 Å². The molecule has 0 spiro atoms. The average molecular weight is 220 g/mol. The topological polar surface area (TPSA) is 55.4 Å². The van der Waals surface area contributed by atoms with E-state index in [0.29, 0.717) is 40.0 Å². The van der Waals surface area contributed by atoms with Crippen LogP contribution in [-0.4, -0.2) is 59.0 Å². The lowest BCUT2D eigenvalue weighted by molar-refractivity contribution is -0.0995. The molecule has 0 saturated carbocycles. The standard InChI is InChI=1S/C9H16O6/c1(8-3-12-6-14-8)10-5-11-2-9-4-13-7-15-9/h8-9H,1-7H2. The van der Waals surface area contributed by atoms with Crippen molar-refractivity contribution in [2.24, 2.45) is 0 Å². The van der Waals surface area contributed by atoms with Crippen LogP contribution in [0.2, 0.25) is 0 Å². The summed E-state index contributed by atoms with van der Waals surface area (Å²) in [6.45, 7) is 3.17. The Kier molecular flexibility index (Phi) is 4.78. The van der Waals surface area contributed by atoms with Crippen molar-refractivity contribution in [2.75, 3.05) is 46.8 Å². The number of ether oxygens (including phenoxy) is 6. The van der Waals surface area contributed by atoms with E-state index in [2.05, 4.69) is 0 Å². The van der Waals surface area contributed by atoms with E-state index in [0.717, 1.165) is 0 Å². The van der Waals surface area contributed by atoms with Gasteiger partial charge in [-0.3, -0.25) is 0 Å². The predicted molar refractivity (Wildman–Crippen MR) is 48.2 cm³/mol. The Morgan fingerprint density at radius 2 is 1.40 bits per heavy atom. The van der Waals surface area contributed by atoms with Gasteiger partial charge in [0.25, 0.3) is 0 Å². The Balaban J connectivity index is 1.41. The zero-order valence-electron chi connectivity index (χ0n) is 8.55. The lowest BCUT2D eigenvalue weighted by atomic mass is 10.4. The molecule has 0 N–H and O–H groups in total. The SMILES string of the molecule is C(OCC1COCO1)OCC1COCO1. The van der Waals surface area contributed by atoms with Crippen LogP contribution in [0.3, 0.4) is 0 Å². The monoisotopic (exact) mass is 220 g/mol. The maximum atomic E-state index is 5.25. The second-order valence-electron chi connectivity index (χ2n) is 3.41.